The van der Waals surface area contributed by atoms with Gasteiger partial charge in [-0.25, -0.2) is 0 Å². The summed E-state index contributed by atoms with van der Waals surface area (Å²) in [5.74, 6) is 0. The highest BCUT2D eigenvalue weighted by molar-refractivity contribution is 7.80. The summed E-state index contributed by atoms with van der Waals surface area (Å²) in [6.45, 7) is 7.88. The summed E-state index contributed by atoms with van der Waals surface area (Å²) in [5.41, 5.74) is 14.6. The summed E-state index contributed by atoms with van der Waals surface area (Å²) in [7, 11) is 0. The van der Waals surface area contributed by atoms with Gasteiger partial charge in [-0.1, -0.05) is 17.7 Å². The molecule has 1 aromatic carbocycles. The smallest absolute Gasteiger partial charge is 0.191 e. The van der Waals surface area contributed by atoms with Gasteiger partial charge in [0, 0.05) is 5.69 Å². The number of nitrogens with one attached hydrogen (secondary N) is 2. The largest absolute Gasteiger partial charge is 0.389 e. The summed E-state index contributed by atoms with van der Waals surface area (Å²) >= 11 is 6.54. The average molecular weight is 333 g/mol. The molecule has 0 saturated carbocycles. The van der Waals surface area contributed by atoms with E-state index < -0.39 is 0 Å². The Bertz CT molecular complexity index is 714. The van der Waals surface area contributed by atoms with Crippen LogP contribution in [0.4, 0.5) is 10.7 Å². The molecule has 0 saturated heterocycles. The maximum atomic E-state index is 5.91. The van der Waals surface area contributed by atoms with Crippen molar-refractivity contribution in [1.82, 2.24) is 9.80 Å². The van der Waals surface area contributed by atoms with Gasteiger partial charge in [-0.2, -0.15) is 9.47 Å². The monoisotopic (exact) mass is 333 g/mol. The number of hydrazone groups is 1. The molecule has 2 rings (SSSR count). The lowest BCUT2D eigenvalue weighted by molar-refractivity contribution is 1.04. The van der Waals surface area contributed by atoms with Crippen molar-refractivity contribution in [2.24, 2.45) is 5.10 Å². The number of nitrogen functional groups attached to an aromatic ring is 1. The zero-order valence-corrected chi connectivity index (χ0v) is 14.7. The molecule has 4 N–H and O–H groups in total. The Morgan fingerprint density at radius 3 is 2.64 bits per heavy atom. The third-order valence-corrected chi connectivity index (χ3v) is 4.17. The Balaban J connectivity index is 2.05. The van der Waals surface area contributed by atoms with Gasteiger partial charge in [0.05, 0.1) is 17.0 Å². The maximum Gasteiger partial charge on any atom is 0.191 e. The molecule has 0 aliphatic heterocycles. The number of nitrogens with two attached hydrogens (primary N) is 1. The van der Waals surface area contributed by atoms with Crippen LogP contribution in [0.5, 0.6) is 0 Å². The number of rotatable bonds is 3. The Labute approximate surface area is 139 Å². The standard InChI is InChI=1S/C15H19N5S2/c1-8-5-6-12(9(2)7-8)17-15(21)19-18-10(3)13-11(4)20-22-14(13)16/h5-7H,16H2,1-4H3,(H2,17,19,21)/b18-10-. The van der Waals surface area contributed by atoms with Gasteiger partial charge in [0.1, 0.15) is 5.00 Å². The fourth-order valence-corrected chi connectivity index (χ4v) is 2.99. The van der Waals surface area contributed by atoms with E-state index in [2.05, 4.69) is 33.2 Å². The molecule has 0 amide bonds. The molecule has 5 nitrogen and oxygen atoms in total. The van der Waals surface area contributed by atoms with Crippen LogP contribution in [0.25, 0.3) is 0 Å². The van der Waals surface area contributed by atoms with E-state index >= 15 is 0 Å². The summed E-state index contributed by atoms with van der Waals surface area (Å²) in [5, 5.41) is 8.51. The first-order valence-corrected chi connectivity index (χ1v) is 7.97. The van der Waals surface area contributed by atoms with Crippen LogP contribution in [-0.4, -0.2) is 15.2 Å². The third kappa shape index (κ3) is 3.80. The zero-order valence-electron chi connectivity index (χ0n) is 13.0. The van der Waals surface area contributed by atoms with Gasteiger partial charge in [0.25, 0.3) is 0 Å². The molecule has 0 aliphatic rings. The molecule has 2 aromatic rings. The van der Waals surface area contributed by atoms with Gasteiger partial charge < -0.3 is 11.1 Å². The van der Waals surface area contributed by atoms with Crippen molar-refractivity contribution in [1.29, 1.82) is 0 Å². The summed E-state index contributed by atoms with van der Waals surface area (Å²) in [6.07, 6.45) is 0. The first kappa shape index (κ1) is 16.4. The van der Waals surface area contributed by atoms with Gasteiger partial charge in [0.2, 0.25) is 0 Å². The highest BCUT2D eigenvalue weighted by Gasteiger charge is 2.11. The minimum absolute atomic E-state index is 0.436. The van der Waals surface area contributed by atoms with E-state index in [1.807, 2.05) is 32.9 Å². The number of hydrogen-bond acceptors (Lipinski definition) is 5. The van der Waals surface area contributed by atoms with E-state index in [0.29, 0.717) is 10.1 Å². The van der Waals surface area contributed by atoms with Crippen molar-refractivity contribution < 1.29 is 0 Å². The highest BCUT2D eigenvalue weighted by atomic mass is 32.1. The number of aryl methyl sites for hydroxylation is 3. The molecule has 0 atom stereocenters. The molecule has 1 aromatic heterocycles. The number of hydrogen-bond donors (Lipinski definition) is 3. The van der Waals surface area contributed by atoms with E-state index in [-0.39, 0.29) is 0 Å². The molecular formula is C15H19N5S2. The van der Waals surface area contributed by atoms with E-state index in [0.717, 1.165) is 28.2 Å². The predicted molar refractivity (Wildman–Crippen MR) is 98.7 cm³/mol. The fraction of sp³-hybridized carbons (Fsp3) is 0.267. The second-order valence-electron chi connectivity index (χ2n) is 5.09. The summed E-state index contributed by atoms with van der Waals surface area (Å²) in [4.78, 5) is 0. The highest BCUT2D eigenvalue weighted by Crippen LogP contribution is 2.21. The number of nitrogens with zero attached hydrogens (tertiary/aromatic N) is 2. The lowest BCUT2D eigenvalue weighted by Gasteiger charge is -2.11. The van der Waals surface area contributed by atoms with Crippen LogP contribution in [0, 0.1) is 20.8 Å². The van der Waals surface area contributed by atoms with Gasteiger partial charge >= 0.3 is 0 Å². The van der Waals surface area contributed by atoms with Crippen molar-refractivity contribution in [3.8, 4) is 0 Å². The van der Waals surface area contributed by atoms with Crippen LogP contribution in [0.3, 0.4) is 0 Å². The normalized spacial score (nSPS) is 11.4. The Morgan fingerprint density at radius 2 is 2.05 bits per heavy atom. The maximum absolute atomic E-state index is 5.91. The van der Waals surface area contributed by atoms with Gasteiger partial charge in [-0.05, 0) is 63.1 Å². The van der Waals surface area contributed by atoms with Gasteiger partial charge in [0.15, 0.2) is 5.11 Å². The van der Waals surface area contributed by atoms with Crippen LogP contribution in [-0.2, 0) is 0 Å². The SMILES string of the molecule is C/C(=N/NC(=S)Nc1ccc(C)cc1C)c1c(C)nsc1N. The number of thiocarbonyl (C=S) groups is 1. The Hall–Kier alpha value is -1.99. The number of anilines is 2. The van der Waals surface area contributed by atoms with Crippen LogP contribution in [0.2, 0.25) is 0 Å². The lowest BCUT2D eigenvalue weighted by Crippen LogP contribution is -2.25. The summed E-state index contributed by atoms with van der Waals surface area (Å²) < 4.78 is 4.21. The number of aromatic nitrogens is 1. The zero-order chi connectivity index (χ0) is 16.3. The fourth-order valence-electron chi connectivity index (χ4n) is 2.12. The lowest BCUT2D eigenvalue weighted by atomic mass is 10.1. The van der Waals surface area contributed by atoms with Crippen LogP contribution in [0.1, 0.15) is 29.3 Å². The molecule has 0 radical (unpaired) electrons. The molecule has 0 aliphatic carbocycles. The molecule has 0 bridgehead atoms. The minimum Gasteiger partial charge on any atom is -0.389 e. The van der Waals surface area contributed by atoms with E-state index in [4.69, 9.17) is 18.0 Å². The topological polar surface area (TPSA) is 75.3 Å². The molecule has 0 fully saturated rings. The van der Waals surface area contributed by atoms with Gasteiger partial charge in [-0.3, -0.25) is 5.43 Å². The van der Waals surface area contributed by atoms with Crippen molar-refractivity contribution in [2.75, 3.05) is 11.1 Å². The first-order chi connectivity index (χ1) is 10.4. The van der Waals surface area contributed by atoms with Crippen LogP contribution >= 0.6 is 23.8 Å². The minimum atomic E-state index is 0.436. The Morgan fingerprint density at radius 1 is 1.32 bits per heavy atom. The molecule has 0 unspecified atom stereocenters. The van der Waals surface area contributed by atoms with Crippen LogP contribution < -0.4 is 16.5 Å². The summed E-state index contributed by atoms with van der Waals surface area (Å²) in [6, 6.07) is 6.13. The van der Waals surface area contributed by atoms with Gasteiger partial charge in [-0.15, -0.1) is 0 Å². The molecule has 116 valence electrons. The van der Waals surface area contributed by atoms with Crippen molar-refractivity contribution in [2.45, 2.75) is 27.7 Å². The first-order valence-electron chi connectivity index (χ1n) is 6.79. The second kappa shape index (κ2) is 6.85. The molecule has 22 heavy (non-hydrogen) atoms. The Kier molecular flexibility index (Phi) is 5.10. The second-order valence-corrected chi connectivity index (χ2v) is 6.30. The van der Waals surface area contributed by atoms with Crippen molar-refractivity contribution in [3.63, 3.8) is 0 Å². The molecule has 7 heteroatoms. The average Bonchev–Trinajstić information content (AvgIpc) is 2.79. The number of benzene rings is 1. The quantitative estimate of drug-likeness (QED) is 0.456. The molecular weight excluding hydrogens is 314 g/mol. The van der Waals surface area contributed by atoms with E-state index in [9.17, 15) is 0 Å². The molecule has 1 heterocycles. The van der Waals surface area contributed by atoms with E-state index in [1.54, 1.807) is 0 Å². The van der Waals surface area contributed by atoms with Crippen molar-refractivity contribution in [3.05, 3.63) is 40.6 Å². The van der Waals surface area contributed by atoms with Crippen molar-refractivity contribution >= 4 is 45.3 Å². The predicted octanol–water partition coefficient (Wildman–Crippen LogP) is 3.36. The third-order valence-electron chi connectivity index (χ3n) is 3.21. The van der Waals surface area contributed by atoms with E-state index in [1.165, 1.54) is 17.1 Å². The van der Waals surface area contributed by atoms with Crippen LogP contribution in [0.15, 0.2) is 23.3 Å². The molecule has 0 spiro atoms.